The van der Waals surface area contributed by atoms with E-state index >= 15 is 0 Å². The number of hydrogen-bond donors (Lipinski definition) is 2. The molecule has 0 bridgehead atoms. The fraction of sp³-hybridized carbons (Fsp3) is 0.409. The quantitative estimate of drug-likeness (QED) is 0.536. The zero-order valence-corrected chi connectivity index (χ0v) is 16.3. The molecule has 0 aromatic heterocycles. The van der Waals surface area contributed by atoms with Gasteiger partial charge in [0.2, 0.25) is 0 Å². The van der Waals surface area contributed by atoms with Crippen LogP contribution in [0.25, 0.3) is 0 Å². The van der Waals surface area contributed by atoms with E-state index in [1.165, 1.54) is 16.7 Å². The van der Waals surface area contributed by atoms with E-state index in [-0.39, 0.29) is 0 Å². The normalized spacial score (nSPS) is 11.6. The Hall–Kier alpha value is -2.33. The molecule has 0 aliphatic carbocycles. The second-order valence-electron chi connectivity index (χ2n) is 6.32. The van der Waals surface area contributed by atoms with Crippen molar-refractivity contribution in [3.63, 3.8) is 0 Å². The number of hydrogen-bond acceptors (Lipinski definition) is 2. The van der Waals surface area contributed by atoms with Gasteiger partial charge in [0.25, 0.3) is 0 Å². The van der Waals surface area contributed by atoms with E-state index in [1.807, 2.05) is 13.1 Å². The van der Waals surface area contributed by atoms with Crippen molar-refractivity contribution >= 4 is 5.96 Å². The van der Waals surface area contributed by atoms with Crippen molar-refractivity contribution in [2.45, 2.75) is 33.4 Å². The summed E-state index contributed by atoms with van der Waals surface area (Å²) in [5, 5.41) is 6.84. The second-order valence-corrected chi connectivity index (χ2v) is 6.32. The van der Waals surface area contributed by atoms with Crippen LogP contribution < -0.4 is 10.6 Å². The third-order valence-corrected chi connectivity index (χ3v) is 4.63. The predicted octanol–water partition coefficient (Wildman–Crippen LogP) is 3.44. The molecule has 2 rings (SSSR count). The minimum atomic E-state index is 0.780. The number of rotatable bonds is 9. The molecule has 140 valence electrons. The van der Waals surface area contributed by atoms with Crippen molar-refractivity contribution in [1.82, 2.24) is 15.5 Å². The number of nitrogens with zero attached hydrogens (tertiary/aromatic N) is 2. The highest BCUT2D eigenvalue weighted by atomic mass is 15.2. The van der Waals surface area contributed by atoms with Gasteiger partial charge in [0.05, 0.1) is 0 Å². The summed E-state index contributed by atoms with van der Waals surface area (Å²) in [5.74, 6) is 0.846. The van der Waals surface area contributed by atoms with Crippen LogP contribution in [0.1, 0.15) is 30.5 Å². The zero-order chi connectivity index (χ0) is 18.6. The highest BCUT2D eigenvalue weighted by Gasteiger charge is 2.07. The molecule has 4 heteroatoms. The first-order valence-electron chi connectivity index (χ1n) is 9.54. The van der Waals surface area contributed by atoms with Crippen molar-refractivity contribution in [2.75, 3.05) is 26.7 Å². The van der Waals surface area contributed by atoms with Gasteiger partial charge >= 0.3 is 0 Å². The maximum absolute atomic E-state index is 4.34. The third kappa shape index (κ3) is 6.52. The maximum atomic E-state index is 4.34. The summed E-state index contributed by atoms with van der Waals surface area (Å²) in [6, 6.07) is 19.2. The van der Waals surface area contributed by atoms with Gasteiger partial charge in [-0.15, -0.1) is 0 Å². The van der Waals surface area contributed by atoms with E-state index in [0.717, 1.165) is 45.1 Å². The molecule has 0 saturated carbocycles. The first-order chi connectivity index (χ1) is 12.8. The summed E-state index contributed by atoms with van der Waals surface area (Å²) in [4.78, 5) is 6.78. The van der Waals surface area contributed by atoms with E-state index in [9.17, 15) is 0 Å². The van der Waals surface area contributed by atoms with Crippen molar-refractivity contribution in [1.29, 1.82) is 0 Å². The Balaban J connectivity index is 1.86. The summed E-state index contributed by atoms with van der Waals surface area (Å²) in [5.41, 5.74) is 4.04. The van der Waals surface area contributed by atoms with Crippen LogP contribution in [0.3, 0.4) is 0 Å². The lowest BCUT2D eigenvalue weighted by Crippen LogP contribution is -2.38. The lowest BCUT2D eigenvalue weighted by Gasteiger charge is -2.20. The van der Waals surface area contributed by atoms with E-state index in [4.69, 9.17) is 0 Å². The summed E-state index contributed by atoms with van der Waals surface area (Å²) < 4.78 is 0. The fourth-order valence-corrected chi connectivity index (χ4v) is 2.94. The van der Waals surface area contributed by atoms with Gasteiger partial charge in [-0.2, -0.15) is 0 Å². The Morgan fingerprint density at radius 2 is 1.54 bits per heavy atom. The van der Waals surface area contributed by atoms with E-state index in [2.05, 4.69) is 82.9 Å². The molecular formula is C22H32N4. The second kappa shape index (κ2) is 11.3. The number of benzene rings is 2. The predicted molar refractivity (Wildman–Crippen MR) is 111 cm³/mol. The average molecular weight is 353 g/mol. The molecule has 0 unspecified atom stereocenters. The monoisotopic (exact) mass is 352 g/mol. The van der Waals surface area contributed by atoms with Crippen molar-refractivity contribution in [3.05, 3.63) is 71.3 Å². The summed E-state index contributed by atoms with van der Waals surface area (Å²) in [6.07, 6.45) is 0.986. The molecule has 2 N–H and O–H groups in total. The highest BCUT2D eigenvalue weighted by molar-refractivity contribution is 5.79. The van der Waals surface area contributed by atoms with E-state index < -0.39 is 0 Å². The Morgan fingerprint density at radius 3 is 2.19 bits per heavy atom. The van der Waals surface area contributed by atoms with Gasteiger partial charge in [-0.1, -0.05) is 68.4 Å². The lowest BCUT2D eigenvalue weighted by molar-refractivity contribution is 0.295. The molecule has 2 aromatic carbocycles. The Kier molecular flexibility index (Phi) is 8.70. The van der Waals surface area contributed by atoms with Crippen molar-refractivity contribution in [2.24, 2.45) is 4.99 Å². The zero-order valence-electron chi connectivity index (χ0n) is 16.3. The van der Waals surface area contributed by atoms with Crippen LogP contribution in [0.2, 0.25) is 0 Å². The molecule has 0 aliphatic heterocycles. The van der Waals surface area contributed by atoms with Gasteiger partial charge in [-0.3, -0.25) is 9.89 Å². The largest absolute Gasteiger partial charge is 0.356 e. The minimum absolute atomic E-state index is 0.780. The van der Waals surface area contributed by atoms with Crippen LogP contribution in [0.5, 0.6) is 0 Å². The van der Waals surface area contributed by atoms with Gasteiger partial charge < -0.3 is 10.6 Å². The van der Waals surface area contributed by atoms with Crippen LogP contribution in [-0.2, 0) is 19.5 Å². The standard InChI is InChI=1S/C22H32N4/c1-4-26(5-2)18-21-14-10-9-13-20(21)17-25-22(23-3)24-16-15-19-11-7-6-8-12-19/h6-14H,4-5,15-18H2,1-3H3,(H2,23,24,25). The summed E-state index contributed by atoms with van der Waals surface area (Å²) in [6.45, 7) is 9.20. The lowest BCUT2D eigenvalue weighted by atomic mass is 10.1. The van der Waals surface area contributed by atoms with Crippen LogP contribution in [-0.4, -0.2) is 37.5 Å². The van der Waals surface area contributed by atoms with Crippen LogP contribution in [0.15, 0.2) is 59.6 Å². The molecule has 0 atom stereocenters. The van der Waals surface area contributed by atoms with Crippen LogP contribution >= 0.6 is 0 Å². The molecule has 0 heterocycles. The molecule has 0 spiro atoms. The van der Waals surface area contributed by atoms with Gasteiger partial charge in [0.15, 0.2) is 5.96 Å². The molecule has 0 radical (unpaired) electrons. The third-order valence-electron chi connectivity index (χ3n) is 4.63. The first-order valence-corrected chi connectivity index (χ1v) is 9.54. The number of nitrogens with one attached hydrogen (secondary N) is 2. The summed E-state index contributed by atoms with van der Waals surface area (Å²) in [7, 11) is 1.82. The Morgan fingerprint density at radius 1 is 0.885 bits per heavy atom. The van der Waals surface area contributed by atoms with E-state index in [0.29, 0.717) is 0 Å². The van der Waals surface area contributed by atoms with E-state index in [1.54, 1.807) is 0 Å². The highest BCUT2D eigenvalue weighted by Crippen LogP contribution is 2.11. The molecule has 0 amide bonds. The maximum Gasteiger partial charge on any atom is 0.191 e. The molecule has 0 saturated heterocycles. The topological polar surface area (TPSA) is 39.7 Å². The Labute approximate surface area is 158 Å². The Bertz CT molecular complexity index is 663. The van der Waals surface area contributed by atoms with Crippen molar-refractivity contribution < 1.29 is 0 Å². The van der Waals surface area contributed by atoms with Gasteiger partial charge in [0.1, 0.15) is 0 Å². The van der Waals surface area contributed by atoms with Crippen LogP contribution in [0, 0.1) is 0 Å². The SMILES string of the molecule is CCN(CC)Cc1ccccc1CNC(=NC)NCCc1ccccc1. The van der Waals surface area contributed by atoms with Crippen LogP contribution in [0.4, 0.5) is 0 Å². The fourth-order valence-electron chi connectivity index (χ4n) is 2.94. The van der Waals surface area contributed by atoms with Gasteiger partial charge in [0, 0.05) is 26.7 Å². The van der Waals surface area contributed by atoms with Gasteiger partial charge in [-0.25, -0.2) is 0 Å². The van der Waals surface area contributed by atoms with Gasteiger partial charge in [-0.05, 0) is 36.2 Å². The first kappa shape index (κ1) is 20.0. The summed E-state index contributed by atoms with van der Waals surface area (Å²) >= 11 is 0. The molecule has 4 nitrogen and oxygen atoms in total. The molecule has 2 aromatic rings. The van der Waals surface area contributed by atoms with Crippen molar-refractivity contribution in [3.8, 4) is 0 Å². The number of guanidine groups is 1. The minimum Gasteiger partial charge on any atom is -0.356 e. The smallest absolute Gasteiger partial charge is 0.191 e. The molecular weight excluding hydrogens is 320 g/mol. The molecule has 0 aliphatic rings. The average Bonchev–Trinajstić information content (AvgIpc) is 2.70. The molecule has 26 heavy (non-hydrogen) atoms. The molecule has 0 fully saturated rings. The number of aliphatic imine (C=N–C) groups is 1.